The van der Waals surface area contributed by atoms with Crippen LogP contribution in [0.2, 0.25) is 5.02 Å². The molecule has 2 aromatic rings. The Morgan fingerprint density at radius 1 is 0.850 bits per heavy atom. The first-order valence-corrected chi connectivity index (χ1v) is 6.75. The van der Waals surface area contributed by atoms with E-state index in [1.54, 1.807) is 12.1 Å². The Bertz CT molecular complexity index is 597. The van der Waals surface area contributed by atoms with Gasteiger partial charge >= 0.3 is 6.03 Å². The number of aryl methyl sites for hydroxylation is 3. The minimum Gasteiger partial charge on any atom is -0.308 e. The van der Waals surface area contributed by atoms with Gasteiger partial charge in [0.1, 0.15) is 0 Å². The van der Waals surface area contributed by atoms with E-state index in [-0.39, 0.29) is 6.03 Å². The first-order chi connectivity index (χ1) is 9.45. The predicted octanol–water partition coefficient (Wildman–Crippen LogP) is 4.91. The van der Waals surface area contributed by atoms with Gasteiger partial charge in [0.15, 0.2) is 0 Å². The Morgan fingerprint density at radius 3 is 1.95 bits per heavy atom. The number of hydrogen-bond acceptors (Lipinski definition) is 1. The molecular weight excluding hydrogens is 272 g/mol. The molecule has 2 aromatic carbocycles. The Balaban J connectivity index is 2.04. The van der Waals surface area contributed by atoms with Gasteiger partial charge in [-0.3, -0.25) is 0 Å². The Hall–Kier alpha value is -2.00. The second-order valence-electron chi connectivity index (χ2n) is 4.84. The first kappa shape index (κ1) is 14.4. The van der Waals surface area contributed by atoms with Crippen molar-refractivity contribution >= 4 is 29.0 Å². The second kappa shape index (κ2) is 5.97. The van der Waals surface area contributed by atoms with Crippen molar-refractivity contribution in [2.24, 2.45) is 0 Å². The van der Waals surface area contributed by atoms with E-state index in [0.717, 1.165) is 16.8 Å². The molecule has 0 unspecified atom stereocenters. The molecule has 2 N–H and O–H groups in total. The van der Waals surface area contributed by atoms with E-state index < -0.39 is 0 Å². The fraction of sp³-hybridized carbons (Fsp3) is 0.188. The van der Waals surface area contributed by atoms with Crippen LogP contribution < -0.4 is 10.6 Å². The average Bonchev–Trinajstić information content (AvgIpc) is 2.38. The lowest BCUT2D eigenvalue weighted by molar-refractivity contribution is 0.262. The number of hydrogen-bond donors (Lipinski definition) is 2. The zero-order valence-electron chi connectivity index (χ0n) is 11.8. The zero-order chi connectivity index (χ0) is 14.7. The van der Waals surface area contributed by atoms with Crippen molar-refractivity contribution in [3.8, 4) is 0 Å². The summed E-state index contributed by atoms with van der Waals surface area (Å²) in [7, 11) is 0. The monoisotopic (exact) mass is 288 g/mol. The summed E-state index contributed by atoms with van der Waals surface area (Å²) in [4.78, 5) is 11.9. The smallest absolute Gasteiger partial charge is 0.308 e. The molecule has 0 bridgehead atoms. The maximum absolute atomic E-state index is 11.9. The molecule has 0 heterocycles. The van der Waals surface area contributed by atoms with Crippen molar-refractivity contribution in [2.75, 3.05) is 10.6 Å². The second-order valence-corrected chi connectivity index (χ2v) is 5.25. The molecule has 0 aliphatic carbocycles. The van der Waals surface area contributed by atoms with Crippen molar-refractivity contribution in [3.05, 3.63) is 58.1 Å². The average molecular weight is 289 g/mol. The van der Waals surface area contributed by atoms with Crippen LogP contribution in [0.1, 0.15) is 16.7 Å². The number of nitrogens with one attached hydrogen (secondary N) is 2. The van der Waals surface area contributed by atoms with E-state index >= 15 is 0 Å². The Morgan fingerprint density at radius 2 is 1.40 bits per heavy atom. The quantitative estimate of drug-likeness (QED) is 0.810. The number of carbonyl (C=O) groups is 1. The third kappa shape index (κ3) is 3.52. The summed E-state index contributed by atoms with van der Waals surface area (Å²) in [5, 5.41) is 6.28. The molecule has 0 saturated heterocycles. The normalized spacial score (nSPS) is 10.2. The molecule has 3 nitrogen and oxygen atoms in total. The number of rotatable bonds is 2. The number of anilines is 2. The molecule has 20 heavy (non-hydrogen) atoms. The van der Waals surface area contributed by atoms with Crippen LogP contribution in [-0.2, 0) is 0 Å². The van der Waals surface area contributed by atoms with Crippen LogP contribution in [0.3, 0.4) is 0 Å². The summed E-state index contributed by atoms with van der Waals surface area (Å²) in [5.41, 5.74) is 4.76. The highest BCUT2D eigenvalue weighted by atomic mass is 35.5. The molecule has 0 aromatic heterocycles. The number of urea groups is 1. The maximum Gasteiger partial charge on any atom is 0.323 e. The largest absolute Gasteiger partial charge is 0.323 e. The standard InChI is InChI=1S/C16H17ClN2O/c1-10-4-5-13(8-11(10)2)18-16(20)19-14-6-7-15(17)12(3)9-14/h4-9H,1-3H3,(H2,18,19,20). The van der Waals surface area contributed by atoms with E-state index in [0.29, 0.717) is 10.7 Å². The van der Waals surface area contributed by atoms with Gasteiger partial charge < -0.3 is 10.6 Å². The summed E-state index contributed by atoms with van der Waals surface area (Å²) >= 11 is 5.95. The lowest BCUT2D eigenvalue weighted by Crippen LogP contribution is -2.19. The van der Waals surface area contributed by atoms with E-state index in [1.165, 1.54) is 5.56 Å². The minimum absolute atomic E-state index is 0.269. The van der Waals surface area contributed by atoms with E-state index in [9.17, 15) is 4.79 Å². The van der Waals surface area contributed by atoms with Crippen LogP contribution in [-0.4, -0.2) is 6.03 Å². The van der Waals surface area contributed by atoms with Crippen LogP contribution >= 0.6 is 11.6 Å². The molecule has 104 valence electrons. The minimum atomic E-state index is -0.269. The first-order valence-electron chi connectivity index (χ1n) is 6.37. The third-order valence-corrected chi connectivity index (χ3v) is 3.60. The van der Waals surface area contributed by atoms with Gasteiger partial charge in [-0.15, -0.1) is 0 Å². The van der Waals surface area contributed by atoms with Crippen LogP contribution in [0.15, 0.2) is 36.4 Å². The van der Waals surface area contributed by atoms with Gasteiger partial charge in [-0.2, -0.15) is 0 Å². The molecule has 0 atom stereocenters. The molecule has 0 aliphatic heterocycles. The predicted molar refractivity (Wildman–Crippen MR) is 84.7 cm³/mol. The van der Waals surface area contributed by atoms with Gasteiger partial charge in [-0.05, 0) is 67.8 Å². The molecule has 2 rings (SSSR count). The molecular formula is C16H17ClN2O. The molecule has 0 radical (unpaired) electrons. The molecule has 0 aliphatic rings. The number of amides is 2. The van der Waals surface area contributed by atoms with Gasteiger partial charge in [-0.1, -0.05) is 17.7 Å². The summed E-state index contributed by atoms with van der Waals surface area (Å²) in [6.45, 7) is 5.95. The van der Waals surface area contributed by atoms with Gasteiger partial charge in [0, 0.05) is 16.4 Å². The lowest BCUT2D eigenvalue weighted by atomic mass is 10.1. The fourth-order valence-corrected chi connectivity index (χ4v) is 1.95. The van der Waals surface area contributed by atoms with Gasteiger partial charge in [-0.25, -0.2) is 4.79 Å². The van der Waals surface area contributed by atoms with Crippen LogP contribution in [0, 0.1) is 20.8 Å². The number of carbonyl (C=O) groups excluding carboxylic acids is 1. The molecule has 0 fully saturated rings. The summed E-state index contributed by atoms with van der Waals surface area (Å²) < 4.78 is 0. The highest BCUT2D eigenvalue weighted by Crippen LogP contribution is 2.20. The number of benzene rings is 2. The van der Waals surface area contributed by atoms with Crippen LogP contribution in [0.25, 0.3) is 0 Å². The molecule has 0 saturated carbocycles. The van der Waals surface area contributed by atoms with Crippen molar-refractivity contribution in [1.29, 1.82) is 0 Å². The van der Waals surface area contributed by atoms with Gasteiger partial charge in [0.25, 0.3) is 0 Å². The molecule has 0 spiro atoms. The van der Waals surface area contributed by atoms with Gasteiger partial charge in [0.2, 0.25) is 0 Å². The number of halogens is 1. The van der Waals surface area contributed by atoms with Crippen LogP contribution in [0.5, 0.6) is 0 Å². The maximum atomic E-state index is 11.9. The SMILES string of the molecule is Cc1ccc(NC(=O)Nc2ccc(Cl)c(C)c2)cc1C. The highest BCUT2D eigenvalue weighted by molar-refractivity contribution is 6.31. The fourth-order valence-electron chi connectivity index (χ4n) is 1.84. The Kier molecular flexibility index (Phi) is 4.30. The summed E-state index contributed by atoms with van der Waals surface area (Å²) in [6.07, 6.45) is 0. The van der Waals surface area contributed by atoms with Crippen molar-refractivity contribution in [3.63, 3.8) is 0 Å². The van der Waals surface area contributed by atoms with Gasteiger partial charge in [0.05, 0.1) is 0 Å². The van der Waals surface area contributed by atoms with Crippen molar-refractivity contribution in [2.45, 2.75) is 20.8 Å². The summed E-state index contributed by atoms with van der Waals surface area (Å²) in [6, 6.07) is 10.9. The van der Waals surface area contributed by atoms with E-state index in [4.69, 9.17) is 11.6 Å². The topological polar surface area (TPSA) is 41.1 Å². The van der Waals surface area contributed by atoms with E-state index in [1.807, 2.05) is 45.0 Å². The summed E-state index contributed by atoms with van der Waals surface area (Å²) in [5.74, 6) is 0. The molecule has 4 heteroatoms. The van der Waals surface area contributed by atoms with Crippen LogP contribution in [0.4, 0.5) is 16.2 Å². The zero-order valence-corrected chi connectivity index (χ0v) is 12.5. The van der Waals surface area contributed by atoms with Crippen molar-refractivity contribution < 1.29 is 4.79 Å². The van der Waals surface area contributed by atoms with Crippen molar-refractivity contribution in [1.82, 2.24) is 0 Å². The lowest BCUT2D eigenvalue weighted by Gasteiger charge is -2.10. The highest BCUT2D eigenvalue weighted by Gasteiger charge is 2.04. The molecule has 2 amide bonds. The third-order valence-electron chi connectivity index (χ3n) is 3.18. The Labute approximate surface area is 124 Å². The van der Waals surface area contributed by atoms with E-state index in [2.05, 4.69) is 10.6 Å².